The Bertz CT molecular complexity index is 1540. The van der Waals surface area contributed by atoms with Crippen molar-refractivity contribution in [2.24, 2.45) is 0 Å². The molecule has 0 atom stereocenters. The van der Waals surface area contributed by atoms with E-state index >= 15 is 0 Å². The molecule has 6 aromatic rings. The highest BCUT2D eigenvalue weighted by Gasteiger charge is 2.10. The summed E-state index contributed by atoms with van der Waals surface area (Å²) < 4.78 is 3.79. The molecule has 0 radical (unpaired) electrons. The van der Waals surface area contributed by atoms with Crippen molar-refractivity contribution in [1.29, 1.82) is 0 Å². The van der Waals surface area contributed by atoms with Crippen molar-refractivity contribution in [3.8, 4) is 22.3 Å². The van der Waals surface area contributed by atoms with E-state index in [0.717, 1.165) is 4.47 Å². The summed E-state index contributed by atoms with van der Waals surface area (Å²) in [6, 6.07) is 37.4. The standard InChI is InChI=1S/C28H17BrS/c29-23-12-8-18(9-13-23)20-5-3-6-21(16-20)22-10-14-25-27(17-22)30-26-15-11-19-4-1-2-7-24(19)28(25)26/h1-17H. The molecule has 142 valence electrons. The molecule has 30 heavy (non-hydrogen) atoms. The third-order valence-corrected chi connectivity index (χ3v) is 7.38. The summed E-state index contributed by atoms with van der Waals surface area (Å²) >= 11 is 5.41. The second kappa shape index (κ2) is 7.09. The first-order valence-corrected chi connectivity index (χ1v) is 11.6. The average Bonchev–Trinajstić information content (AvgIpc) is 3.18. The van der Waals surface area contributed by atoms with Crippen LogP contribution in [0.25, 0.3) is 53.2 Å². The minimum absolute atomic E-state index is 1.10. The summed E-state index contributed by atoms with van der Waals surface area (Å²) in [5.74, 6) is 0. The van der Waals surface area contributed by atoms with Gasteiger partial charge in [0.05, 0.1) is 0 Å². The van der Waals surface area contributed by atoms with E-state index in [-0.39, 0.29) is 0 Å². The highest BCUT2D eigenvalue weighted by molar-refractivity contribution is 9.10. The van der Waals surface area contributed by atoms with Crippen LogP contribution in [0.1, 0.15) is 0 Å². The Hall–Kier alpha value is -2.94. The van der Waals surface area contributed by atoms with Crippen molar-refractivity contribution in [2.45, 2.75) is 0 Å². The summed E-state index contributed by atoms with van der Waals surface area (Å²) in [5, 5.41) is 5.37. The summed E-state index contributed by atoms with van der Waals surface area (Å²) in [5.41, 5.74) is 4.98. The Morgan fingerprint density at radius 2 is 1.23 bits per heavy atom. The molecule has 0 N–H and O–H groups in total. The van der Waals surface area contributed by atoms with Crippen molar-refractivity contribution in [2.75, 3.05) is 0 Å². The van der Waals surface area contributed by atoms with Crippen LogP contribution in [0.5, 0.6) is 0 Å². The van der Waals surface area contributed by atoms with E-state index in [1.807, 2.05) is 11.3 Å². The van der Waals surface area contributed by atoms with Crippen LogP contribution in [0.4, 0.5) is 0 Å². The Morgan fingerprint density at radius 1 is 0.500 bits per heavy atom. The fourth-order valence-corrected chi connectivity index (χ4v) is 5.67. The zero-order chi connectivity index (χ0) is 20.1. The van der Waals surface area contributed by atoms with Crippen LogP contribution in [-0.2, 0) is 0 Å². The van der Waals surface area contributed by atoms with Gasteiger partial charge in [-0.1, -0.05) is 88.7 Å². The van der Waals surface area contributed by atoms with Crippen LogP contribution in [-0.4, -0.2) is 0 Å². The second-order valence-electron chi connectivity index (χ2n) is 7.56. The lowest BCUT2D eigenvalue weighted by atomic mass is 9.98. The molecule has 1 aromatic heterocycles. The molecular weight excluding hydrogens is 448 g/mol. The highest BCUT2D eigenvalue weighted by atomic mass is 79.9. The first-order chi connectivity index (χ1) is 14.8. The van der Waals surface area contributed by atoms with E-state index in [9.17, 15) is 0 Å². The van der Waals surface area contributed by atoms with Gasteiger partial charge in [-0.15, -0.1) is 11.3 Å². The predicted octanol–water partition coefficient (Wildman–Crippen LogP) is 9.30. The number of halogens is 1. The highest BCUT2D eigenvalue weighted by Crippen LogP contribution is 2.40. The Labute approximate surface area is 187 Å². The van der Waals surface area contributed by atoms with Gasteiger partial charge < -0.3 is 0 Å². The largest absolute Gasteiger partial charge is 0.135 e. The number of thiophene rings is 1. The number of rotatable bonds is 2. The number of fused-ring (bicyclic) bond motifs is 5. The van der Waals surface area contributed by atoms with Gasteiger partial charge in [0.25, 0.3) is 0 Å². The topological polar surface area (TPSA) is 0 Å². The lowest BCUT2D eigenvalue weighted by Gasteiger charge is -2.07. The molecule has 0 aliphatic rings. The van der Waals surface area contributed by atoms with E-state index in [1.165, 1.54) is 53.2 Å². The van der Waals surface area contributed by atoms with E-state index in [0.29, 0.717) is 0 Å². The lowest BCUT2D eigenvalue weighted by Crippen LogP contribution is -1.81. The first kappa shape index (κ1) is 17.9. The third kappa shape index (κ3) is 2.96. The number of benzene rings is 5. The SMILES string of the molecule is Brc1ccc(-c2cccc(-c3ccc4c(c3)sc3ccc5ccccc5c34)c2)cc1. The van der Waals surface area contributed by atoms with Crippen molar-refractivity contribution in [3.05, 3.63) is 108 Å². The lowest BCUT2D eigenvalue weighted by molar-refractivity contribution is 1.58. The van der Waals surface area contributed by atoms with Gasteiger partial charge in [-0.2, -0.15) is 0 Å². The van der Waals surface area contributed by atoms with Crippen LogP contribution in [0, 0.1) is 0 Å². The maximum absolute atomic E-state index is 3.52. The van der Waals surface area contributed by atoms with Gasteiger partial charge in [-0.25, -0.2) is 0 Å². The normalized spacial score (nSPS) is 11.5. The molecule has 0 nitrogen and oxygen atoms in total. The molecule has 0 fully saturated rings. The molecule has 0 aliphatic carbocycles. The molecule has 0 unspecified atom stereocenters. The molecule has 0 saturated carbocycles. The van der Waals surface area contributed by atoms with Gasteiger partial charge >= 0.3 is 0 Å². The monoisotopic (exact) mass is 464 g/mol. The zero-order valence-electron chi connectivity index (χ0n) is 16.1. The molecule has 0 bridgehead atoms. The molecule has 0 saturated heterocycles. The van der Waals surface area contributed by atoms with E-state index in [1.54, 1.807) is 0 Å². The van der Waals surface area contributed by atoms with Gasteiger partial charge in [-0.05, 0) is 63.4 Å². The zero-order valence-corrected chi connectivity index (χ0v) is 18.5. The van der Waals surface area contributed by atoms with Crippen LogP contribution >= 0.6 is 27.3 Å². The molecule has 2 heteroatoms. The van der Waals surface area contributed by atoms with Gasteiger partial charge in [-0.3, -0.25) is 0 Å². The predicted molar refractivity (Wildman–Crippen MR) is 135 cm³/mol. The summed E-state index contributed by atoms with van der Waals surface area (Å²) in [4.78, 5) is 0. The first-order valence-electron chi connectivity index (χ1n) is 9.97. The van der Waals surface area contributed by atoms with Crippen molar-refractivity contribution in [3.63, 3.8) is 0 Å². The van der Waals surface area contributed by atoms with Crippen LogP contribution in [0.15, 0.2) is 108 Å². The van der Waals surface area contributed by atoms with E-state index in [4.69, 9.17) is 0 Å². The number of hydrogen-bond acceptors (Lipinski definition) is 1. The van der Waals surface area contributed by atoms with Crippen LogP contribution in [0.3, 0.4) is 0 Å². The molecule has 1 heterocycles. The van der Waals surface area contributed by atoms with Crippen LogP contribution in [0.2, 0.25) is 0 Å². The van der Waals surface area contributed by atoms with Gasteiger partial charge in [0, 0.05) is 24.6 Å². The Kier molecular flexibility index (Phi) is 4.22. The third-order valence-electron chi connectivity index (χ3n) is 5.74. The number of hydrogen-bond donors (Lipinski definition) is 0. The quantitative estimate of drug-likeness (QED) is 0.239. The molecule has 0 aliphatic heterocycles. The molecular formula is C28H17BrS. The fourth-order valence-electron chi connectivity index (χ4n) is 4.25. The van der Waals surface area contributed by atoms with Crippen molar-refractivity contribution < 1.29 is 0 Å². The van der Waals surface area contributed by atoms with Gasteiger partial charge in [0.1, 0.15) is 0 Å². The Morgan fingerprint density at radius 3 is 2.10 bits per heavy atom. The van der Waals surface area contributed by atoms with E-state index < -0.39 is 0 Å². The smallest absolute Gasteiger partial charge is 0.0361 e. The summed E-state index contributed by atoms with van der Waals surface area (Å²) in [6.07, 6.45) is 0. The molecule has 6 rings (SSSR count). The fraction of sp³-hybridized carbons (Fsp3) is 0. The van der Waals surface area contributed by atoms with Crippen LogP contribution < -0.4 is 0 Å². The van der Waals surface area contributed by atoms with E-state index in [2.05, 4.69) is 119 Å². The van der Waals surface area contributed by atoms with Gasteiger partial charge in [0.15, 0.2) is 0 Å². The van der Waals surface area contributed by atoms with Gasteiger partial charge in [0.2, 0.25) is 0 Å². The summed E-state index contributed by atoms with van der Waals surface area (Å²) in [7, 11) is 0. The minimum atomic E-state index is 1.10. The van der Waals surface area contributed by atoms with Crippen molar-refractivity contribution >= 4 is 58.2 Å². The molecule has 0 spiro atoms. The maximum Gasteiger partial charge on any atom is 0.0361 e. The maximum atomic E-state index is 3.52. The second-order valence-corrected chi connectivity index (χ2v) is 9.56. The van der Waals surface area contributed by atoms with Crippen molar-refractivity contribution in [1.82, 2.24) is 0 Å². The Balaban J connectivity index is 1.50. The molecule has 0 amide bonds. The summed E-state index contributed by atoms with van der Waals surface area (Å²) in [6.45, 7) is 0. The minimum Gasteiger partial charge on any atom is -0.135 e. The molecule has 5 aromatic carbocycles. The average molecular weight is 465 g/mol.